The van der Waals surface area contributed by atoms with Crippen LogP contribution in [-0.4, -0.2) is 58.6 Å². The van der Waals surface area contributed by atoms with Crippen LogP contribution in [0.5, 0.6) is 5.75 Å². The maximum absolute atomic E-state index is 13.2. The summed E-state index contributed by atoms with van der Waals surface area (Å²) in [6.07, 6.45) is 0.703. The van der Waals surface area contributed by atoms with Crippen molar-refractivity contribution in [1.82, 2.24) is 9.62 Å². The monoisotopic (exact) mass is 494 g/mol. The number of sulfonamides is 1. The van der Waals surface area contributed by atoms with E-state index < -0.39 is 10.0 Å². The van der Waals surface area contributed by atoms with E-state index in [0.717, 1.165) is 0 Å². The molecule has 0 spiro atoms. The summed E-state index contributed by atoms with van der Waals surface area (Å²) in [5, 5.41) is 2.96. The zero-order valence-electron chi connectivity index (χ0n) is 19.7. The van der Waals surface area contributed by atoms with Gasteiger partial charge in [-0.2, -0.15) is 4.31 Å². The summed E-state index contributed by atoms with van der Waals surface area (Å²) < 4.78 is 38.4. The summed E-state index contributed by atoms with van der Waals surface area (Å²) in [4.78, 5) is 13.0. The van der Waals surface area contributed by atoms with E-state index in [1.54, 1.807) is 6.07 Å². The number of carbonyl (C=O) groups is 1. The standard InChI is InChI=1S/C27H30N2O5S/c1-33-25-13-12-23(20-26(25)35(31,32)29-16-18-34-19-17-29)27(30)28-15-14-24(21-8-4-2-5-9-21)22-10-6-3-7-11-22/h2-13,20,24H,14-19H2,1H3,(H,28,30). The first-order valence-electron chi connectivity index (χ1n) is 11.6. The molecule has 1 aliphatic rings. The molecule has 1 heterocycles. The molecule has 4 rings (SSSR count). The number of rotatable bonds is 9. The molecule has 0 aromatic heterocycles. The van der Waals surface area contributed by atoms with Crippen LogP contribution in [0.15, 0.2) is 83.8 Å². The highest BCUT2D eigenvalue weighted by molar-refractivity contribution is 7.89. The Morgan fingerprint density at radius 3 is 2.14 bits per heavy atom. The average Bonchev–Trinajstić information content (AvgIpc) is 2.92. The second-order valence-corrected chi connectivity index (χ2v) is 10.2. The van der Waals surface area contributed by atoms with Gasteiger partial charge in [-0.3, -0.25) is 4.79 Å². The van der Waals surface area contributed by atoms with Gasteiger partial charge in [0, 0.05) is 31.1 Å². The van der Waals surface area contributed by atoms with Gasteiger partial charge in [-0.15, -0.1) is 0 Å². The first kappa shape index (κ1) is 24.9. The number of benzene rings is 3. The second-order valence-electron chi connectivity index (χ2n) is 8.30. The molecule has 3 aromatic carbocycles. The van der Waals surface area contributed by atoms with Crippen LogP contribution < -0.4 is 10.1 Å². The molecule has 1 N–H and O–H groups in total. The molecule has 35 heavy (non-hydrogen) atoms. The van der Waals surface area contributed by atoms with Crippen molar-refractivity contribution in [2.45, 2.75) is 17.2 Å². The first-order valence-corrected chi connectivity index (χ1v) is 13.1. The largest absolute Gasteiger partial charge is 0.495 e. The summed E-state index contributed by atoms with van der Waals surface area (Å²) in [5.41, 5.74) is 2.63. The highest BCUT2D eigenvalue weighted by Gasteiger charge is 2.30. The predicted octanol–water partition coefficient (Wildman–Crippen LogP) is 3.67. The fraction of sp³-hybridized carbons (Fsp3) is 0.296. The third-order valence-corrected chi connectivity index (χ3v) is 8.06. The minimum atomic E-state index is -3.82. The zero-order valence-corrected chi connectivity index (χ0v) is 20.5. The van der Waals surface area contributed by atoms with E-state index in [-0.39, 0.29) is 41.1 Å². The van der Waals surface area contributed by atoms with Gasteiger partial charge in [0.2, 0.25) is 10.0 Å². The van der Waals surface area contributed by atoms with E-state index in [9.17, 15) is 13.2 Å². The van der Waals surface area contributed by atoms with E-state index in [0.29, 0.717) is 26.2 Å². The molecule has 0 radical (unpaired) electrons. The normalized spacial score (nSPS) is 14.6. The fourth-order valence-electron chi connectivity index (χ4n) is 4.27. The maximum atomic E-state index is 13.2. The second kappa shape index (κ2) is 11.5. The Morgan fingerprint density at radius 2 is 1.57 bits per heavy atom. The van der Waals surface area contributed by atoms with Crippen molar-refractivity contribution in [3.63, 3.8) is 0 Å². The fourth-order valence-corrected chi connectivity index (χ4v) is 5.86. The van der Waals surface area contributed by atoms with E-state index in [2.05, 4.69) is 29.6 Å². The summed E-state index contributed by atoms with van der Waals surface area (Å²) in [7, 11) is -2.40. The lowest BCUT2D eigenvalue weighted by molar-refractivity contribution is 0.0729. The van der Waals surface area contributed by atoms with Gasteiger partial charge in [0.25, 0.3) is 5.91 Å². The highest BCUT2D eigenvalue weighted by Crippen LogP contribution is 2.29. The molecular weight excluding hydrogens is 464 g/mol. The van der Waals surface area contributed by atoms with Crippen molar-refractivity contribution >= 4 is 15.9 Å². The number of ether oxygens (including phenoxy) is 2. The van der Waals surface area contributed by atoms with Crippen LogP contribution in [0.3, 0.4) is 0 Å². The van der Waals surface area contributed by atoms with Gasteiger partial charge in [0.05, 0.1) is 20.3 Å². The van der Waals surface area contributed by atoms with Crippen LogP contribution in [-0.2, 0) is 14.8 Å². The quantitative estimate of drug-likeness (QED) is 0.491. The van der Waals surface area contributed by atoms with Gasteiger partial charge >= 0.3 is 0 Å². The summed E-state index contributed by atoms with van der Waals surface area (Å²) in [6, 6.07) is 24.9. The van der Waals surface area contributed by atoms with Crippen molar-refractivity contribution in [1.29, 1.82) is 0 Å². The molecule has 1 amide bonds. The minimum Gasteiger partial charge on any atom is -0.495 e. The van der Waals surface area contributed by atoms with Gasteiger partial charge in [-0.25, -0.2) is 8.42 Å². The molecule has 0 unspecified atom stereocenters. The third-order valence-electron chi connectivity index (χ3n) is 6.14. The van der Waals surface area contributed by atoms with Gasteiger partial charge in [0.1, 0.15) is 10.6 Å². The van der Waals surface area contributed by atoms with Crippen LogP contribution in [0.4, 0.5) is 0 Å². The van der Waals surface area contributed by atoms with Gasteiger partial charge < -0.3 is 14.8 Å². The van der Waals surface area contributed by atoms with Gasteiger partial charge in [-0.05, 0) is 35.7 Å². The Balaban J connectivity index is 1.49. The molecule has 0 atom stereocenters. The Kier molecular flexibility index (Phi) is 8.17. The van der Waals surface area contributed by atoms with Crippen molar-refractivity contribution in [3.05, 3.63) is 95.6 Å². The molecular formula is C27H30N2O5S. The van der Waals surface area contributed by atoms with Crippen LogP contribution in [0.1, 0.15) is 33.8 Å². The molecule has 3 aromatic rings. The molecule has 7 nitrogen and oxygen atoms in total. The highest BCUT2D eigenvalue weighted by atomic mass is 32.2. The molecule has 0 aliphatic carbocycles. The van der Waals surface area contributed by atoms with Crippen LogP contribution >= 0.6 is 0 Å². The molecule has 184 valence electrons. The number of methoxy groups -OCH3 is 1. The Labute approximate surface area is 206 Å². The Hall–Kier alpha value is -3.20. The predicted molar refractivity (Wildman–Crippen MR) is 134 cm³/mol. The van der Waals surface area contributed by atoms with Crippen molar-refractivity contribution in [3.8, 4) is 5.75 Å². The average molecular weight is 495 g/mol. The number of morpholine rings is 1. The smallest absolute Gasteiger partial charge is 0.251 e. The van der Waals surface area contributed by atoms with E-state index in [1.165, 1.54) is 34.7 Å². The lowest BCUT2D eigenvalue weighted by Gasteiger charge is -2.26. The van der Waals surface area contributed by atoms with Gasteiger partial charge in [0.15, 0.2) is 0 Å². The van der Waals surface area contributed by atoms with Gasteiger partial charge in [-0.1, -0.05) is 60.7 Å². The third kappa shape index (κ3) is 5.90. The zero-order chi connectivity index (χ0) is 24.7. The molecule has 0 saturated carbocycles. The first-order chi connectivity index (χ1) is 17.0. The number of hydrogen-bond donors (Lipinski definition) is 1. The SMILES string of the molecule is COc1ccc(C(=O)NCCC(c2ccccc2)c2ccccc2)cc1S(=O)(=O)N1CCOCC1. The van der Waals surface area contributed by atoms with Crippen molar-refractivity contribution < 1.29 is 22.7 Å². The summed E-state index contributed by atoms with van der Waals surface area (Å²) >= 11 is 0. The van der Waals surface area contributed by atoms with E-state index in [1.807, 2.05) is 36.4 Å². The number of carbonyl (C=O) groups excluding carboxylic acids is 1. The van der Waals surface area contributed by atoms with Crippen molar-refractivity contribution in [2.24, 2.45) is 0 Å². The molecule has 0 bridgehead atoms. The van der Waals surface area contributed by atoms with E-state index in [4.69, 9.17) is 9.47 Å². The van der Waals surface area contributed by atoms with E-state index >= 15 is 0 Å². The number of amides is 1. The maximum Gasteiger partial charge on any atom is 0.251 e. The van der Waals surface area contributed by atoms with Crippen molar-refractivity contribution in [2.75, 3.05) is 40.0 Å². The Morgan fingerprint density at radius 1 is 0.971 bits per heavy atom. The number of nitrogens with one attached hydrogen (secondary N) is 1. The van der Waals surface area contributed by atoms with Crippen LogP contribution in [0, 0.1) is 0 Å². The minimum absolute atomic E-state index is 0.0130. The number of nitrogens with zero attached hydrogens (tertiary/aromatic N) is 1. The lowest BCUT2D eigenvalue weighted by atomic mass is 9.88. The Bertz CT molecular complexity index is 1190. The molecule has 1 fully saturated rings. The lowest BCUT2D eigenvalue weighted by Crippen LogP contribution is -2.40. The van der Waals surface area contributed by atoms with Crippen LogP contribution in [0.25, 0.3) is 0 Å². The molecule has 1 saturated heterocycles. The molecule has 8 heteroatoms. The number of hydrogen-bond acceptors (Lipinski definition) is 5. The summed E-state index contributed by atoms with van der Waals surface area (Å²) in [6.45, 7) is 1.65. The van der Waals surface area contributed by atoms with Crippen LogP contribution in [0.2, 0.25) is 0 Å². The molecule has 1 aliphatic heterocycles. The topological polar surface area (TPSA) is 84.9 Å². The summed E-state index contributed by atoms with van der Waals surface area (Å²) in [5.74, 6) is 0.0121.